The number of H-pyrrole nitrogens is 1. The van der Waals surface area contributed by atoms with Crippen molar-refractivity contribution in [1.29, 1.82) is 0 Å². The topological polar surface area (TPSA) is 70.9 Å². The molecule has 2 aromatic carbocycles. The van der Waals surface area contributed by atoms with Gasteiger partial charge in [0.05, 0.1) is 11.6 Å². The number of nitrogen functional groups attached to an aromatic ring is 1. The Balaban J connectivity index is 1.27. The van der Waals surface area contributed by atoms with Crippen molar-refractivity contribution in [3.05, 3.63) is 59.0 Å². The normalized spacial score (nSPS) is 19.3. The number of hydrogen-bond acceptors (Lipinski definition) is 4. The minimum absolute atomic E-state index is 0.0763. The van der Waals surface area contributed by atoms with E-state index in [0.717, 1.165) is 53.8 Å². The average molecular weight is 480 g/mol. The molecule has 0 bridgehead atoms. The molecule has 2 aliphatic carbocycles. The number of aromatic nitrogens is 1. The van der Waals surface area contributed by atoms with Crippen molar-refractivity contribution in [2.24, 2.45) is 5.92 Å². The zero-order chi connectivity index (χ0) is 23.7. The molecular weight excluding hydrogens is 445 g/mol. The first-order chi connectivity index (χ1) is 16.5. The number of aromatic amines is 1. The van der Waals surface area contributed by atoms with Crippen LogP contribution in [0.15, 0.2) is 36.5 Å². The first kappa shape index (κ1) is 23.3. The Bertz CT molecular complexity index is 1180. The minimum atomic E-state index is -0.255. The molecule has 0 amide bonds. The molecule has 2 aliphatic rings. The maximum Gasteiger partial charge on any atom is 0.193 e. The quantitative estimate of drug-likeness (QED) is 0.315. The third kappa shape index (κ3) is 5.12. The number of halogens is 1. The molecule has 1 aromatic heterocycles. The second-order valence-electron chi connectivity index (χ2n) is 10.1. The van der Waals surface area contributed by atoms with Gasteiger partial charge in [-0.1, -0.05) is 50.4 Å². The molecule has 4 N–H and O–H groups in total. The van der Waals surface area contributed by atoms with Crippen LogP contribution in [0.1, 0.15) is 74.6 Å². The Kier molecular flexibility index (Phi) is 6.87. The minimum Gasteiger partial charge on any atom is -0.398 e. The lowest BCUT2D eigenvalue weighted by atomic mass is 9.85. The summed E-state index contributed by atoms with van der Waals surface area (Å²) in [5.41, 5.74) is 11.8. The highest BCUT2D eigenvalue weighted by atomic mass is 32.2. The zero-order valence-electron chi connectivity index (χ0n) is 19.8. The number of thioether (sulfide) groups is 1. The summed E-state index contributed by atoms with van der Waals surface area (Å²) in [6.07, 6.45) is 11.6. The molecule has 180 valence electrons. The van der Waals surface area contributed by atoms with E-state index in [0.29, 0.717) is 22.9 Å². The van der Waals surface area contributed by atoms with Gasteiger partial charge in [0.2, 0.25) is 0 Å². The van der Waals surface area contributed by atoms with Gasteiger partial charge in [0.1, 0.15) is 5.82 Å². The van der Waals surface area contributed by atoms with Crippen LogP contribution < -0.4 is 11.1 Å². The summed E-state index contributed by atoms with van der Waals surface area (Å²) >= 11 is 1.49. The van der Waals surface area contributed by atoms with Crippen molar-refractivity contribution >= 4 is 39.2 Å². The lowest BCUT2D eigenvalue weighted by Gasteiger charge is -2.28. The fourth-order valence-corrected chi connectivity index (χ4v) is 6.88. The molecule has 2 atom stereocenters. The fraction of sp³-hybridized carbons (Fsp3) is 0.464. The second kappa shape index (κ2) is 10.0. The Morgan fingerprint density at radius 2 is 2.03 bits per heavy atom. The number of carbonyl (C=O) groups excluding carboxylic acids is 1. The molecule has 0 aliphatic heterocycles. The molecule has 1 saturated carbocycles. The van der Waals surface area contributed by atoms with E-state index in [1.165, 1.54) is 43.0 Å². The number of aryl methyl sites for hydroxylation is 1. The lowest BCUT2D eigenvalue weighted by molar-refractivity contribution is -0.110. The van der Waals surface area contributed by atoms with Gasteiger partial charge in [-0.15, -0.1) is 0 Å². The van der Waals surface area contributed by atoms with Crippen molar-refractivity contribution in [3.63, 3.8) is 0 Å². The van der Waals surface area contributed by atoms with Gasteiger partial charge >= 0.3 is 0 Å². The highest BCUT2D eigenvalue weighted by Gasteiger charge is 2.24. The van der Waals surface area contributed by atoms with Crippen LogP contribution in [0.2, 0.25) is 0 Å². The number of benzene rings is 2. The van der Waals surface area contributed by atoms with Gasteiger partial charge in [-0.05, 0) is 72.6 Å². The molecule has 34 heavy (non-hydrogen) atoms. The predicted molar refractivity (Wildman–Crippen MR) is 141 cm³/mol. The van der Waals surface area contributed by atoms with Crippen molar-refractivity contribution in [2.75, 3.05) is 11.1 Å². The predicted octanol–water partition coefficient (Wildman–Crippen LogP) is 7.15. The van der Waals surface area contributed by atoms with Gasteiger partial charge in [-0.2, -0.15) is 0 Å². The number of carbonyl (C=O) groups is 1. The maximum absolute atomic E-state index is 14.4. The molecule has 1 fully saturated rings. The molecule has 3 aromatic rings. The van der Waals surface area contributed by atoms with Crippen LogP contribution in [0, 0.1) is 11.7 Å². The summed E-state index contributed by atoms with van der Waals surface area (Å²) < 4.78 is 14.4. The highest BCUT2D eigenvalue weighted by molar-refractivity contribution is 8.14. The van der Waals surface area contributed by atoms with E-state index in [1.807, 2.05) is 18.2 Å². The summed E-state index contributed by atoms with van der Waals surface area (Å²) in [4.78, 5) is 15.7. The van der Waals surface area contributed by atoms with E-state index in [4.69, 9.17) is 5.73 Å². The standard InChI is InChI=1S/C28H34FN3OS/c1-17(11-18-5-2-3-6-18)34-27(33)14-21-12-19-7-4-8-26(23(19)16-25(21)30)32-22-13-20-9-10-31-28(20)24(29)15-22/h9-10,12-13,15-18,26,31-32H,2-8,11,14,30H2,1H3. The molecule has 2 unspecified atom stereocenters. The van der Waals surface area contributed by atoms with Crippen molar-refractivity contribution in [2.45, 2.75) is 76.0 Å². The Morgan fingerprint density at radius 1 is 1.21 bits per heavy atom. The van der Waals surface area contributed by atoms with Crippen LogP contribution in [0.4, 0.5) is 15.8 Å². The van der Waals surface area contributed by atoms with Crippen molar-refractivity contribution < 1.29 is 9.18 Å². The average Bonchev–Trinajstić information content (AvgIpc) is 3.47. The summed E-state index contributed by atoms with van der Waals surface area (Å²) in [5, 5.41) is 4.95. The monoisotopic (exact) mass is 479 g/mol. The highest BCUT2D eigenvalue weighted by Crippen LogP contribution is 2.37. The zero-order valence-corrected chi connectivity index (χ0v) is 20.6. The van der Waals surface area contributed by atoms with Gasteiger partial charge in [0.25, 0.3) is 0 Å². The summed E-state index contributed by atoms with van der Waals surface area (Å²) in [7, 11) is 0. The van der Waals surface area contributed by atoms with Crippen molar-refractivity contribution in [1.82, 2.24) is 4.98 Å². The molecule has 5 rings (SSSR count). The largest absolute Gasteiger partial charge is 0.398 e. The number of hydrogen-bond donors (Lipinski definition) is 3. The maximum atomic E-state index is 14.4. The van der Waals surface area contributed by atoms with E-state index in [2.05, 4.69) is 23.3 Å². The summed E-state index contributed by atoms with van der Waals surface area (Å²) in [6.45, 7) is 2.18. The molecule has 0 radical (unpaired) electrons. The van der Waals surface area contributed by atoms with Crippen LogP contribution in [-0.2, 0) is 17.6 Å². The van der Waals surface area contributed by atoms with Crippen LogP contribution in [-0.4, -0.2) is 15.3 Å². The molecular formula is C28H34FN3OS. The van der Waals surface area contributed by atoms with E-state index in [-0.39, 0.29) is 17.0 Å². The van der Waals surface area contributed by atoms with Crippen LogP contribution in [0.5, 0.6) is 0 Å². The number of fused-ring (bicyclic) bond motifs is 2. The van der Waals surface area contributed by atoms with E-state index < -0.39 is 0 Å². The van der Waals surface area contributed by atoms with Gasteiger partial charge in [0.15, 0.2) is 5.12 Å². The van der Waals surface area contributed by atoms with Crippen LogP contribution in [0.25, 0.3) is 10.9 Å². The molecule has 1 heterocycles. The number of nitrogens with one attached hydrogen (secondary N) is 2. The molecule has 0 spiro atoms. The van der Waals surface area contributed by atoms with Gasteiger partial charge in [-0.3, -0.25) is 4.79 Å². The third-order valence-corrected chi connectivity index (χ3v) is 8.48. The number of anilines is 2. The number of nitrogens with two attached hydrogens (primary N) is 1. The Labute approximate surface area is 205 Å². The Hall–Kier alpha value is -2.47. The van der Waals surface area contributed by atoms with E-state index >= 15 is 0 Å². The summed E-state index contributed by atoms with van der Waals surface area (Å²) in [5.74, 6) is 0.536. The second-order valence-corrected chi connectivity index (χ2v) is 11.6. The van der Waals surface area contributed by atoms with Gasteiger partial charge < -0.3 is 16.0 Å². The first-order valence-corrected chi connectivity index (χ1v) is 13.5. The van der Waals surface area contributed by atoms with E-state index in [9.17, 15) is 9.18 Å². The lowest BCUT2D eigenvalue weighted by Crippen LogP contribution is -2.19. The van der Waals surface area contributed by atoms with Crippen LogP contribution >= 0.6 is 11.8 Å². The molecule has 0 saturated heterocycles. The van der Waals surface area contributed by atoms with Crippen molar-refractivity contribution in [3.8, 4) is 0 Å². The fourth-order valence-electron chi connectivity index (χ4n) is 5.82. The van der Waals surface area contributed by atoms with Crippen LogP contribution in [0.3, 0.4) is 0 Å². The first-order valence-electron chi connectivity index (χ1n) is 12.6. The Morgan fingerprint density at radius 3 is 2.85 bits per heavy atom. The third-order valence-electron chi connectivity index (χ3n) is 7.47. The number of rotatable bonds is 7. The van der Waals surface area contributed by atoms with Gasteiger partial charge in [0, 0.05) is 34.6 Å². The SMILES string of the molecule is CC(CC1CCCC1)SC(=O)Cc1cc2c(cc1N)C(Nc1cc(F)c3[nH]ccc3c1)CCC2. The smallest absolute Gasteiger partial charge is 0.193 e. The van der Waals surface area contributed by atoms with Gasteiger partial charge in [-0.25, -0.2) is 4.39 Å². The molecule has 6 heteroatoms. The van der Waals surface area contributed by atoms with E-state index in [1.54, 1.807) is 12.3 Å². The molecule has 4 nitrogen and oxygen atoms in total. The summed E-state index contributed by atoms with van der Waals surface area (Å²) in [6, 6.07) is 9.65.